The Kier molecular flexibility index (Phi) is 5.81. The van der Waals surface area contributed by atoms with E-state index in [1.807, 2.05) is 0 Å². The summed E-state index contributed by atoms with van der Waals surface area (Å²) in [6.45, 7) is 1.40. The van der Waals surface area contributed by atoms with Crippen LogP contribution in [0.5, 0.6) is 0 Å². The summed E-state index contributed by atoms with van der Waals surface area (Å²) in [5.74, 6) is 4.98. The first-order valence-electron chi connectivity index (χ1n) is 2.83. The fourth-order valence-electron chi connectivity index (χ4n) is 0.293. The third kappa shape index (κ3) is 7.61. The Morgan fingerprint density at radius 2 is 2.33 bits per heavy atom. The number of carbonyl (C=O) groups excluding carboxylic acids is 2. The van der Waals surface area contributed by atoms with Gasteiger partial charge in [-0.1, -0.05) is 0 Å². The van der Waals surface area contributed by atoms with Crippen molar-refractivity contribution in [2.75, 3.05) is 6.67 Å². The fraction of sp³-hybridized carbons (Fsp3) is 0.500. The molecule has 8 heteroatoms. The lowest BCUT2D eigenvalue weighted by Crippen LogP contribution is -2.36. The molecular formula is C4H8ClN3O3S. The second kappa shape index (κ2) is 6.06. The number of amides is 1. The van der Waals surface area contributed by atoms with Gasteiger partial charge in [0.1, 0.15) is 0 Å². The van der Waals surface area contributed by atoms with E-state index in [0.29, 0.717) is 12.2 Å². The molecule has 0 unspecified atom stereocenters. The number of nitrogens with zero attached hydrogens (tertiary/aromatic N) is 1. The molecule has 12 heavy (non-hydrogen) atoms. The van der Waals surface area contributed by atoms with Crippen molar-refractivity contribution in [3.63, 3.8) is 0 Å². The van der Waals surface area contributed by atoms with Crippen LogP contribution in [0.4, 0.5) is 4.79 Å². The van der Waals surface area contributed by atoms with E-state index in [4.69, 9.17) is 17.4 Å². The predicted molar refractivity (Wildman–Crippen MR) is 44.6 cm³/mol. The number of nitrogens with two attached hydrogens (primary N) is 1. The predicted octanol–water partition coefficient (Wildman–Crippen LogP) is 0.194. The molecule has 0 aliphatic carbocycles. The van der Waals surface area contributed by atoms with Gasteiger partial charge in [0.2, 0.25) is 5.91 Å². The Morgan fingerprint density at radius 1 is 1.75 bits per heavy atom. The van der Waals surface area contributed by atoms with Crippen LogP contribution in [0.2, 0.25) is 0 Å². The molecule has 0 saturated heterocycles. The molecular weight excluding hydrogens is 206 g/mol. The minimum atomic E-state index is -0.974. The first-order valence-corrected chi connectivity index (χ1v) is 3.91. The molecule has 6 nitrogen and oxygen atoms in total. The third-order valence-corrected chi connectivity index (χ3v) is 1.40. The lowest BCUT2D eigenvalue weighted by Gasteiger charge is -2.11. The Labute approximate surface area is 78.7 Å². The van der Waals surface area contributed by atoms with Crippen molar-refractivity contribution in [2.45, 2.75) is 6.92 Å². The molecule has 0 aliphatic rings. The summed E-state index contributed by atoms with van der Waals surface area (Å²) in [5.41, 5.74) is -0.974. The van der Waals surface area contributed by atoms with Crippen LogP contribution in [-0.4, -0.2) is 22.4 Å². The van der Waals surface area contributed by atoms with Crippen LogP contribution in [0.15, 0.2) is 0 Å². The molecule has 0 spiro atoms. The van der Waals surface area contributed by atoms with Crippen molar-refractivity contribution < 1.29 is 13.8 Å². The van der Waals surface area contributed by atoms with Crippen molar-refractivity contribution in [3.8, 4) is 0 Å². The molecule has 0 saturated carbocycles. The maximum absolute atomic E-state index is 10.3. The van der Waals surface area contributed by atoms with Gasteiger partial charge in [-0.3, -0.25) is 10.6 Å². The number of hydrogen-bond acceptors (Lipinski definition) is 6. The van der Waals surface area contributed by atoms with Crippen LogP contribution >= 0.6 is 23.8 Å². The molecule has 0 aromatic heterocycles. The minimum Gasteiger partial charge on any atom is -0.361 e. The first kappa shape index (κ1) is 11.5. The summed E-state index contributed by atoms with van der Waals surface area (Å²) < 4.78 is 5.23. The molecule has 0 radical (unpaired) electrons. The van der Waals surface area contributed by atoms with Gasteiger partial charge in [0.25, 0.3) is 0 Å². The molecule has 0 heterocycles. The maximum atomic E-state index is 10.3. The van der Waals surface area contributed by atoms with Gasteiger partial charge >= 0.3 is 5.43 Å². The Balaban J connectivity index is 3.39. The molecule has 0 bridgehead atoms. The second-order valence-electron chi connectivity index (χ2n) is 1.70. The van der Waals surface area contributed by atoms with Crippen molar-refractivity contribution in [1.82, 2.24) is 9.73 Å². The lowest BCUT2D eigenvalue weighted by molar-refractivity contribution is -0.119. The van der Waals surface area contributed by atoms with Gasteiger partial charge in [-0.2, -0.15) is 0 Å². The number of halogens is 1. The van der Waals surface area contributed by atoms with E-state index in [0.717, 1.165) is 4.41 Å². The monoisotopic (exact) mass is 213 g/mol. The van der Waals surface area contributed by atoms with Crippen LogP contribution in [0.1, 0.15) is 6.92 Å². The number of hydrazine groups is 1. The zero-order chi connectivity index (χ0) is 9.56. The summed E-state index contributed by atoms with van der Waals surface area (Å²) in [5, 5.41) is 2.38. The summed E-state index contributed by atoms with van der Waals surface area (Å²) in [6.07, 6.45) is 0. The summed E-state index contributed by atoms with van der Waals surface area (Å²) >= 11 is 5.37. The fourth-order valence-corrected chi connectivity index (χ4v) is 0.649. The standard InChI is InChI=1S/C4H8ClN3O3S/c1-3(9)7-2-8(6)12-11-4(5)10/h2,6H2,1H3,(H,7,9). The first-order chi connectivity index (χ1) is 5.52. The van der Waals surface area contributed by atoms with Gasteiger partial charge in [0, 0.05) is 18.5 Å². The van der Waals surface area contributed by atoms with E-state index in [-0.39, 0.29) is 12.6 Å². The van der Waals surface area contributed by atoms with Gasteiger partial charge in [0.05, 0.1) is 6.67 Å². The molecule has 0 aliphatic heterocycles. The van der Waals surface area contributed by atoms with Crippen molar-refractivity contribution in [3.05, 3.63) is 0 Å². The molecule has 70 valence electrons. The summed E-state index contributed by atoms with van der Waals surface area (Å²) in [7, 11) is 0. The Morgan fingerprint density at radius 3 is 2.75 bits per heavy atom. The largest absolute Gasteiger partial charge is 0.417 e. The number of hydrogen-bond donors (Lipinski definition) is 2. The third-order valence-electron chi connectivity index (χ3n) is 0.682. The number of nitrogens with one attached hydrogen (secondary N) is 1. The molecule has 1 amide bonds. The average molecular weight is 214 g/mol. The molecule has 3 N–H and O–H groups in total. The molecule has 0 fully saturated rings. The van der Waals surface area contributed by atoms with E-state index in [1.165, 1.54) is 6.92 Å². The van der Waals surface area contributed by atoms with Crippen LogP contribution in [0.3, 0.4) is 0 Å². The highest BCUT2D eigenvalue weighted by molar-refractivity contribution is 7.92. The summed E-state index contributed by atoms with van der Waals surface area (Å²) in [6, 6.07) is 0. The van der Waals surface area contributed by atoms with Crippen LogP contribution in [-0.2, 0) is 8.98 Å². The van der Waals surface area contributed by atoms with Crippen LogP contribution in [0, 0.1) is 0 Å². The van der Waals surface area contributed by atoms with Gasteiger partial charge in [-0.15, -0.1) is 4.41 Å². The quantitative estimate of drug-likeness (QED) is 0.173. The van der Waals surface area contributed by atoms with Crippen molar-refractivity contribution in [1.29, 1.82) is 0 Å². The minimum absolute atomic E-state index is 0.0597. The SMILES string of the molecule is CC(=O)NCN(N)SOC(=O)Cl. The molecule has 0 aromatic rings. The lowest BCUT2D eigenvalue weighted by atomic mass is 10.7. The van der Waals surface area contributed by atoms with Crippen molar-refractivity contribution >= 4 is 35.2 Å². The zero-order valence-corrected chi connectivity index (χ0v) is 7.82. The highest BCUT2D eigenvalue weighted by atomic mass is 35.5. The molecule has 0 atom stereocenters. The number of carbonyl (C=O) groups is 2. The topological polar surface area (TPSA) is 84.7 Å². The highest BCUT2D eigenvalue weighted by Gasteiger charge is 2.04. The normalized spacial score (nSPS) is 9.67. The summed E-state index contributed by atoms with van der Waals surface area (Å²) in [4.78, 5) is 20.4. The van der Waals surface area contributed by atoms with Crippen LogP contribution in [0.25, 0.3) is 0 Å². The van der Waals surface area contributed by atoms with Crippen molar-refractivity contribution in [2.24, 2.45) is 5.84 Å². The van der Waals surface area contributed by atoms with E-state index in [1.54, 1.807) is 0 Å². The Hall–Kier alpha value is -0.500. The van der Waals surface area contributed by atoms with E-state index in [9.17, 15) is 9.59 Å². The van der Waals surface area contributed by atoms with Gasteiger partial charge in [-0.25, -0.2) is 4.79 Å². The molecule has 0 rings (SSSR count). The van der Waals surface area contributed by atoms with E-state index in [2.05, 4.69) is 9.50 Å². The highest BCUT2D eigenvalue weighted by Crippen LogP contribution is 2.06. The van der Waals surface area contributed by atoms with Gasteiger partial charge < -0.3 is 9.50 Å². The van der Waals surface area contributed by atoms with Crippen LogP contribution < -0.4 is 11.2 Å². The smallest absolute Gasteiger partial charge is 0.361 e. The maximum Gasteiger partial charge on any atom is 0.417 e. The van der Waals surface area contributed by atoms with E-state index < -0.39 is 5.43 Å². The van der Waals surface area contributed by atoms with Gasteiger partial charge in [0.15, 0.2) is 12.2 Å². The van der Waals surface area contributed by atoms with Gasteiger partial charge in [-0.05, 0) is 0 Å². The molecule has 0 aromatic carbocycles. The Bertz CT molecular complexity index is 161. The second-order valence-corrected chi connectivity index (χ2v) is 2.80. The zero-order valence-electron chi connectivity index (χ0n) is 6.24. The van der Waals surface area contributed by atoms with E-state index >= 15 is 0 Å². The average Bonchev–Trinajstić information content (AvgIpc) is 1.96. The number of rotatable bonds is 4.